The Morgan fingerprint density at radius 3 is 3.00 bits per heavy atom. The number of carbonyl (C=O) groups excluding carboxylic acids is 2. The fourth-order valence-corrected chi connectivity index (χ4v) is 0.790. The van der Waals surface area contributed by atoms with Gasteiger partial charge in [-0.3, -0.25) is 4.79 Å². The molecule has 0 fully saturated rings. The van der Waals surface area contributed by atoms with Gasteiger partial charge in [-0.25, -0.2) is 4.79 Å². The van der Waals surface area contributed by atoms with Crippen molar-refractivity contribution in [2.45, 2.75) is 6.42 Å². The molecule has 0 aliphatic carbocycles. The van der Waals surface area contributed by atoms with E-state index in [-0.39, 0.29) is 25.5 Å². The second-order valence-electron chi connectivity index (χ2n) is 2.30. The third-order valence-electron chi connectivity index (χ3n) is 1.30. The molecule has 5 nitrogen and oxygen atoms in total. The van der Waals surface area contributed by atoms with Gasteiger partial charge in [-0.05, 0) is 0 Å². The minimum Gasteiger partial charge on any atom is -0.456 e. The van der Waals surface area contributed by atoms with E-state index in [0.29, 0.717) is 5.70 Å². The zero-order chi connectivity index (χ0) is 8.97. The highest BCUT2D eigenvalue weighted by molar-refractivity contribution is 5.87. The van der Waals surface area contributed by atoms with Gasteiger partial charge in [0.25, 0.3) is 0 Å². The standard InChI is InChI=1S/C7H9NO4/c9-2-1-6(10)8-5-3-7(11)12-4-5/h3,9H,1-2,4H2,(H,8,10). The van der Waals surface area contributed by atoms with Crippen LogP contribution in [-0.4, -0.2) is 30.2 Å². The molecule has 5 heteroatoms. The smallest absolute Gasteiger partial charge is 0.333 e. The molecule has 2 N–H and O–H groups in total. The minimum absolute atomic E-state index is 0.0333. The lowest BCUT2D eigenvalue weighted by Crippen LogP contribution is -2.23. The molecule has 12 heavy (non-hydrogen) atoms. The van der Waals surface area contributed by atoms with Gasteiger partial charge in [-0.1, -0.05) is 0 Å². The SMILES string of the molecule is O=C(CCO)NC1=CC(=O)OC1. The number of nitrogens with one attached hydrogen (secondary N) is 1. The van der Waals surface area contributed by atoms with Crippen LogP contribution in [0.25, 0.3) is 0 Å². The summed E-state index contributed by atoms with van der Waals surface area (Å²) < 4.78 is 4.54. The van der Waals surface area contributed by atoms with Crippen molar-refractivity contribution in [2.75, 3.05) is 13.2 Å². The topological polar surface area (TPSA) is 75.6 Å². The van der Waals surface area contributed by atoms with Gasteiger partial charge in [-0.2, -0.15) is 0 Å². The van der Waals surface area contributed by atoms with Crippen LogP contribution in [0.2, 0.25) is 0 Å². The van der Waals surface area contributed by atoms with Crippen LogP contribution in [0.3, 0.4) is 0 Å². The summed E-state index contributed by atoms with van der Waals surface area (Å²) in [5.74, 6) is -0.767. The van der Waals surface area contributed by atoms with Crippen LogP contribution in [0.5, 0.6) is 0 Å². The third kappa shape index (κ3) is 2.35. The molecule has 0 spiro atoms. The number of hydrogen-bond donors (Lipinski definition) is 2. The van der Waals surface area contributed by atoms with E-state index in [9.17, 15) is 9.59 Å². The van der Waals surface area contributed by atoms with Crippen LogP contribution in [0.15, 0.2) is 11.8 Å². The Kier molecular flexibility index (Phi) is 2.82. The van der Waals surface area contributed by atoms with Crippen molar-refractivity contribution in [1.29, 1.82) is 0 Å². The van der Waals surface area contributed by atoms with Crippen molar-refractivity contribution in [3.63, 3.8) is 0 Å². The number of aliphatic hydroxyl groups is 1. The largest absolute Gasteiger partial charge is 0.456 e. The summed E-state index contributed by atoms with van der Waals surface area (Å²) in [6, 6.07) is 0. The fraction of sp³-hybridized carbons (Fsp3) is 0.429. The Morgan fingerprint density at radius 2 is 2.50 bits per heavy atom. The number of ether oxygens (including phenoxy) is 1. The van der Waals surface area contributed by atoms with Crippen LogP contribution < -0.4 is 5.32 Å². The Bertz CT molecular complexity index is 234. The first-order chi connectivity index (χ1) is 5.72. The molecule has 1 rings (SSSR count). The average Bonchev–Trinajstić information content (AvgIpc) is 2.36. The maximum Gasteiger partial charge on any atom is 0.333 e. The first kappa shape index (κ1) is 8.73. The summed E-state index contributed by atoms with van der Waals surface area (Å²) in [5, 5.41) is 10.8. The predicted molar refractivity (Wildman–Crippen MR) is 38.9 cm³/mol. The quantitative estimate of drug-likeness (QED) is 0.530. The third-order valence-corrected chi connectivity index (χ3v) is 1.30. The van der Waals surface area contributed by atoms with Gasteiger partial charge in [0, 0.05) is 6.08 Å². The van der Waals surface area contributed by atoms with Gasteiger partial charge in [0.15, 0.2) is 0 Å². The summed E-state index contributed by atoms with van der Waals surface area (Å²) in [6.45, 7) is -0.0933. The van der Waals surface area contributed by atoms with E-state index in [1.54, 1.807) is 0 Å². The van der Waals surface area contributed by atoms with E-state index in [2.05, 4.69) is 10.1 Å². The Balaban J connectivity index is 2.36. The van der Waals surface area contributed by atoms with Gasteiger partial charge in [0.1, 0.15) is 6.61 Å². The van der Waals surface area contributed by atoms with Crippen molar-refractivity contribution >= 4 is 11.9 Å². The number of rotatable bonds is 3. The highest BCUT2D eigenvalue weighted by Crippen LogP contribution is 2.01. The van der Waals surface area contributed by atoms with Crippen LogP contribution in [0, 0.1) is 0 Å². The molecule has 0 radical (unpaired) electrons. The molecule has 0 unspecified atom stereocenters. The van der Waals surface area contributed by atoms with Crippen molar-refractivity contribution in [2.24, 2.45) is 0 Å². The highest BCUT2D eigenvalue weighted by atomic mass is 16.5. The van der Waals surface area contributed by atoms with E-state index >= 15 is 0 Å². The van der Waals surface area contributed by atoms with Gasteiger partial charge < -0.3 is 15.2 Å². The molecular formula is C7H9NO4. The maximum atomic E-state index is 10.8. The molecule has 1 aliphatic rings. The number of esters is 1. The normalized spacial score (nSPS) is 15.4. The van der Waals surface area contributed by atoms with Crippen molar-refractivity contribution in [1.82, 2.24) is 5.32 Å². The number of amides is 1. The van der Waals surface area contributed by atoms with E-state index in [1.807, 2.05) is 0 Å². The first-order valence-corrected chi connectivity index (χ1v) is 3.50. The molecule has 0 saturated carbocycles. The predicted octanol–water partition coefficient (Wildman–Crippen LogP) is -1.07. The van der Waals surface area contributed by atoms with E-state index in [0.717, 1.165) is 0 Å². The average molecular weight is 171 g/mol. The van der Waals surface area contributed by atoms with Crippen LogP contribution in [-0.2, 0) is 14.3 Å². The molecule has 0 saturated heterocycles. The summed E-state index contributed by atoms with van der Waals surface area (Å²) in [5.41, 5.74) is 0.443. The molecular weight excluding hydrogens is 162 g/mol. The van der Waals surface area contributed by atoms with Gasteiger partial charge in [-0.15, -0.1) is 0 Å². The highest BCUT2D eigenvalue weighted by Gasteiger charge is 2.14. The molecule has 1 heterocycles. The van der Waals surface area contributed by atoms with Crippen molar-refractivity contribution < 1.29 is 19.4 Å². The molecule has 0 aromatic heterocycles. The van der Waals surface area contributed by atoms with Gasteiger partial charge >= 0.3 is 5.97 Å². The summed E-state index contributed by atoms with van der Waals surface area (Å²) >= 11 is 0. The first-order valence-electron chi connectivity index (χ1n) is 3.50. The zero-order valence-electron chi connectivity index (χ0n) is 6.37. The Hall–Kier alpha value is -1.36. The number of hydrogen-bond acceptors (Lipinski definition) is 4. The Morgan fingerprint density at radius 1 is 1.75 bits per heavy atom. The second-order valence-corrected chi connectivity index (χ2v) is 2.30. The summed E-state index contributed by atoms with van der Waals surface area (Å²) in [7, 11) is 0. The summed E-state index contributed by atoms with van der Waals surface area (Å²) in [6.07, 6.45) is 1.25. The molecule has 1 amide bonds. The maximum absolute atomic E-state index is 10.8. The van der Waals surface area contributed by atoms with Gasteiger partial charge in [0.2, 0.25) is 5.91 Å². The fourth-order valence-electron chi connectivity index (χ4n) is 0.790. The molecule has 1 aliphatic heterocycles. The molecule has 0 aromatic rings. The lowest BCUT2D eigenvalue weighted by molar-refractivity contribution is -0.135. The van der Waals surface area contributed by atoms with Crippen LogP contribution >= 0.6 is 0 Å². The van der Waals surface area contributed by atoms with E-state index < -0.39 is 5.97 Å². The molecule has 66 valence electrons. The molecule has 0 atom stereocenters. The number of cyclic esters (lactones) is 1. The molecule has 0 bridgehead atoms. The minimum atomic E-state index is -0.450. The lowest BCUT2D eigenvalue weighted by atomic mass is 10.4. The van der Waals surface area contributed by atoms with Crippen molar-refractivity contribution in [3.8, 4) is 0 Å². The number of carbonyl (C=O) groups is 2. The van der Waals surface area contributed by atoms with E-state index in [1.165, 1.54) is 6.08 Å². The van der Waals surface area contributed by atoms with Gasteiger partial charge in [0.05, 0.1) is 18.7 Å². The van der Waals surface area contributed by atoms with E-state index in [4.69, 9.17) is 5.11 Å². The van der Waals surface area contributed by atoms with Crippen LogP contribution in [0.4, 0.5) is 0 Å². The molecule has 0 aromatic carbocycles. The zero-order valence-corrected chi connectivity index (χ0v) is 6.37. The monoisotopic (exact) mass is 171 g/mol. The summed E-state index contributed by atoms with van der Waals surface area (Å²) in [4.78, 5) is 21.3. The lowest BCUT2D eigenvalue weighted by Gasteiger charge is -2.01. The van der Waals surface area contributed by atoms with Crippen LogP contribution in [0.1, 0.15) is 6.42 Å². The Labute approximate surface area is 69.0 Å². The number of aliphatic hydroxyl groups excluding tert-OH is 1. The second kappa shape index (κ2) is 3.87. The van der Waals surface area contributed by atoms with Crippen molar-refractivity contribution in [3.05, 3.63) is 11.8 Å².